The lowest BCUT2D eigenvalue weighted by atomic mass is 9.92. The minimum atomic E-state index is -4.93. The summed E-state index contributed by atoms with van der Waals surface area (Å²) < 4.78 is 71.1. The van der Waals surface area contributed by atoms with Crippen LogP contribution in [-0.2, 0) is 16.2 Å². The van der Waals surface area contributed by atoms with E-state index in [1.165, 1.54) is 6.07 Å². The fraction of sp³-hybridized carbons (Fsp3) is 0.294. The molecule has 9 nitrogen and oxygen atoms in total. The number of rotatable bonds is 4. The normalized spacial score (nSPS) is 19.7. The van der Waals surface area contributed by atoms with Crippen molar-refractivity contribution in [3.63, 3.8) is 0 Å². The van der Waals surface area contributed by atoms with Gasteiger partial charge in [0.2, 0.25) is 10.0 Å². The molecule has 2 aliphatic rings. The van der Waals surface area contributed by atoms with Gasteiger partial charge in [0.1, 0.15) is 16.8 Å². The number of hydrogen-bond donors (Lipinski definition) is 6. The topological polar surface area (TPSA) is 144 Å². The number of benzene rings is 2. The van der Waals surface area contributed by atoms with E-state index in [0.717, 1.165) is 11.6 Å². The van der Waals surface area contributed by atoms with Gasteiger partial charge < -0.3 is 10.5 Å². The molecule has 4 rings (SSSR count). The number of nitrogens with two attached hydrogens (primary N) is 2. The van der Waals surface area contributed by atoms with E-state index in [4.69, 9.17) is 15.6 Å². The molecule has 162 valence electrons. The van der Waals surface area contributed by atoms with Crippen molar-refractivity contribution in [2.24, 2.45) is 10.9 Å². The van der Waals surface area contributed by atoms with Gasteiger partial charge in [-0.2, -0.15) is 24.2 Å². The molecule has 1 atom stereocenters. The zero-order valence-electron chi connectivity index (χ0n) is 15.4. The highest BCUT2D eigenvalue weighted by atomic mass is 32.2. The van der Waals surface area contributed by atoms with Crippen LogP contribution < -0.4 is 37.5 Å². The zero-order valence-corrected chi connectivity index (χ0v) is 16.2. The Balaban J connectivity index is 2.00. The molecule has 0 radical (unpaired) electrons. The zero-order chi connectivity index (χ0) is 21.7. The van der Waals surface area contributed by atoms with Gasteiger partial charge >= 0.3 is 6.18 Å². The molecule has 2 aliphatic heterocycles. The molecule has 1 unspecified atom stereocenters. The largest absolute Gasteiger partial charge is 0.493 e. The van der Waals surface area contributed by atoms with Gasteiger partial charge in [-0.3, -0.25) is 0 Å². The Bertz CT molecular complexity index is 1090. The molecule has 0 spiro atoms. The molecule has 8 N–H and O–H groups in total. The van der Waals surface area contributed by atoms with E-state index in [1.54, 1.807) is 18.2 Å². The summed E-state index contributed by atoms with van der Waals surface area (Å²) in [6.07, 6.45) is -5.95. The van der Waals surface area contributed by atoms with E-state index in [1.807, 2.05) is 0 Å². The van der Waals surface area contributed by atoms with Crippen molar-refractivity contribution < 1.29 is 26.3 Å². The number of sulfonamides is 1. The Morgan fingerprint density at radius 3 is 2.43 bits per heavy atom. The predicted molar refractivity (Wildman–Crippen MR) is 101 cm³/mol. The average molecular weight is 444 g/mol. The monoisotopic (exact) mass is 444 g/mol. The Hall–Kier alpha value is -2.26. The number of ether oxygens (including phenoxy) is 1. The van der Waals surface area contributed by atoms with Crippen molar-refractivity contribution in [3.8, 4) is 16.9 Å². The third-order valence-electron chi connectivity index (χ3n) is 5.06. The lowest BCUT2D eigenvalue weighted by Gasteiger charge is -2.22. The van der Waals surface area contributed by atoms with Crippen molar-refractivity contribution in [1.29, 1.82) is 0 Å². The summed E-state index contributed by atoms with van der Waals surface area (Å²) in [5.41, 5.74) is 16.1. The number of halogens is 3. The molecule has 30 heavy (non-hydrogen) atoms. The molecule has 0 saturated carbocycles. The second-order valence-corrected chi connectivity index (χ2v) is 8.41. The van der Waals surface area contributed by atoms with Crippen LogP contribution in [0, 0.1) is 0 Å². The Kier molecular flexibility index (Phi) is 5.22. The molecule has 2 aromatic carbocycles. The maximum atomic E-state index is 13.6. The summed E-state index contributed by atoms with van der Waals surface area (Å²) in [5.74, 6) is 0.566. The SMILES string of the molecule is NCC1COc2ccc(-c3ccc(C(F)(F)F)c(S(N)(=O)=O)c3C3NNNN3)cc21. The van der Waals surface area contributed by atoms with Crippen LogP contribution in [0.3, 0.4) is 0 Å². The van der Waals surface area contributed by atoms with E-state index >= 15 is 0 Å². The number of alkyl halides is 3. The van der Waals surface area contributed by atoms with Crippen LogP contribution in [0.2, 0.25) is 0 Å². The maximum Gasteiger partial charge on any atom is 0.417 e. The number of nitrogens with one attached hydrogen (secondary N) is 4. The fourth-order valence-electron chi connectivity index (χ4n) is 3.71. The van der Waals surface area contributed by atoms with E-state index in [9.17, 15) is 21.6 Å². The van der Waals surface area contributed by atoms with Crippen molar-refractivity contribution in [2.75, 3.05) is 13.2 Å². The molecule has 1 fully saturated rings. The van der Waals surface area contributed by atoms with E-state index < -0.39 is 32.8 Å². The number of hydrazine groups is 3. The highest BCUT2D eigenvalue weighted by Gasteiger charge is 2.40. The highest BCUT2D eigenvalue weighted by Crippen LogP contribution is 2.43. The lowest BCUT2D eigenvalue weighted by molar-refractivity contribution is -0.140. The molecular weight excluding hydrogens is 425 g/mol. The van der Waals surface area contributed by atoms with Crippen LogP contribution in [0.1, 0.15) is 28.8 Å². The first-order chi connectivity index (χ1) is 14.1. The predicted octanol–water partition coefficient (Wildman–Crippen LogP) is 0.570. The van der Waals surface area contributed by atoms with E-state index in [0.29, 0.717) is 24.5 Å². The third kappa shape index (κ3) is 3.65. The first-order valence-electron chi connectivity index (χ1n) is 8.86. The van der Waals surface area contributed by atoms with Gasteiger partial charge in [-0.25, -0.2) is 24.4 Å². The summed E-state index contributed by atoms with van der Waals surface area (Å²) in [5, 5.41) is 5.24. The quantitative estimate of drug-likeness (QED) is 0.402. The van der Waals surface area contributed by atoms with Gasteiger partial charge in [-0.15, -0.1) is 0 Å². The molecule has 2 heterocycles. The van der Waals surface area contributed by atoms with Gasteiger partial charge in [-0.05, 0) is 29.3 Å². The Labute approximate surface area is 169 Å². The second-order valence-electron chi connectivity index (χ2n) is 6.91. The second kappa shape index (κ2) is 7.46. The van der Waals surface area contributed by atoms with Crippen molar-refractivity contribution in [1.82, 2.24) is 21.9 Å². The molecular formula is C17H19F3N6O3S. The molecule has 0 aromatic heterocycles. The minimum absolute atomic E-state index is 0.0679. The Morgan fingerprint density at radius 2 is 1.83 bits per heavy atom. The van der Waals surface area contributed by atoms with Gasteiger partial charge in [0, 0.05) is 23.6 Å². The van der Waals surface area contributed by atoms with Gasteiger partial charge in [0.15, 0.2) is 0 Å². The number of hydrogen-bond acceptors (Lipinski definition) is 8. The first kappa shape index (κ1) is 21.0. The summed E-state index contributed by atoms with van der Waals surface area (Å²) in [7, 11) is -4.74. The standard InChI is InChI=1S/C17H19F3N6O3S/c18-17(19,20)12-3-2-10(8-1-4-13-11(5-8)9(6-21)7-29-13)14(15(12)30(22,27)28)16-23-25-26-24-16/h1-5,9,16,23-26H,6-7,21H2,(H2,22,27,28). The third-order valence-corrected chi connectivity index (χ3v) is 6.06. The van der Waals surface area contributed by atoms with Crippen LogP contribution in [0.25, 0.3) is 11.1 Å². The van der Waals surface area contributed by atoms with Crippen LogP contribution in [-0.4, -0.2) is 21.6 Å². The molecule has 13 heteroatoms. The molecule has 2 aromatic rings. The maximum absolute atomic E-state index is 13.6. The fourth-order valence-corrected chi connectivity index (χ4v) is 4.73. The van der Waals surface area contributed by atoms with Crippen LogP contribution in [0.5, 0.6) is 5.75 Å². The molecule has 1 saturated heterocycles. The summed E-state index contributed by atoms with van der Waals surface area (Å²) >= 11 is 0. The summed E-state index contributed by atoms with van der Waals surface area (Å²) in [6.45, 7) is 0.732. The summed E-state index contributed by atoms with van der Waals surface area (Å²) in [6, 6.07) is 7.02. The van der Waals surface area contributed by atoms with E-state index in [-0.39, 0.29) is 17.0 Å². The van der Waals surface area contributed by atoms with Crippen molar-refractivity contribution >= 4 is 10.0 Å². The van der Waals surface area contributed by atoms with Gasteiger partial charge in [0.05, 0.1) is 12.2 Å². The number of primary sulfonamides is 1. The van der Waals surface area contributed by atoms with Crippen molar-refractivity contribution in [3.05, 3.63) is 47.0 Å². The molecule has 0 aliphatic carbocycles. The van der Waals surface area contributed by atoms with Crippen LogP contribution >= 0.6 is 0 Å². The summed E-state index contributed by atoms with van der Waals surface area (Å²) in [4.78, 5) is -1.00. The van der Waals surface area contributed by atoms with Gasteiger partial charge in [0.25, 0.3) is 0 Å². The average Bonchev–Trinajstić information content (AvgIpc) is 3.34. The first-order valence-corrected chi connectivity index (χ1v) is 10.4. The van der Waals surface area contributed by atoms with E-state index in [2.05, 4.69) is 21.9 Å². The minimum Gasteiger partial charge on any atom is -0.493 e. The van der Waals surface area contributed by atoms with Crippen LogP contribution in [0.4, 0.5) is 13.2 Å². The van der Waals surface area contributed by atoms with Crippen molar-refractivity contribution in [2.45, 2.75) is 23.2 Å². The lowest BCUT2D eigenvalue weighted by Crippen LogP contribution is -2.33. The smallest absolute Gasteiger partial charge is 0.417 e. The van der Waals surface area contributed by atoms with Crippen LogP contribution in [0.15, 0.2) is 35.2 Å². The van der Waals surface area contributed by atoms with Gasteiger partial charge in [-0.1, -0.05) is 12.1 Å². The molecule has 0 amide bonds. The highest BCUT2D eigenvalue weighted by molar-refractivity contribution is 7.89. The molecule has 0 bridgehead atoms. The Morgan fingerprint density at radius 1 is 1.13 bits per heavy atom. The number of fused-ring (bicyclic) bond motifs is 1.